The lowest BCUT2D eigenvalue weighted by Gasteiger charge is -2.47. The zero-order valence-corrected chi connectivity index (χ0v) is 11.3. The molecular weight excluding hydrogens is 224 g/mol. The minimum Gasteiger partial charge on any atom is -0.338 e. The number of carbonyl (C=O) groups is 1. The number of piperidine rings is 1. The van der Waals surface area contributed by atoms with Crippen LogP contribution in [0.15, 0.2) is 0 Å². The van der Waals surface area contributed by atoms with Crippen LogP contribution in [0, 0.1) is 24.2 Å². The van der Waals surface area contributed by atoms with E-state index < -0.39 is 0 Å². The molecule has 1 saturated heterocycles. The molecule has 0 spiro atoms. The molecule has 0 bridgehead atoms. The fraction of sp³-hybridized carbons (Fsp3) is 0.800. The third kappa shape index (κ3) is 2.87. The van der Waals surface area contributed by atoms with Crippen LogP contribution in [-0.4, -0.2) is 36.5 Å². The number of fused-ring (bicyclic) bond motifs is 1. The van der Waals surface area contributed by atoms with E-state index in [1.807, 2.05) is 0 Å². The summed E-state index contributed by atoms with van der Waals surface area (Å²) >= 11 is 0. The van der Waals surface area contributed by atoms with Crippen molar-refractivity contribution in [1.82, 2.24) is 10.2 Å². The van der Waals surface area contributed by atoms with Crippen molar-refractivity contribution in [2.45, 2.75) is 45.1 Å². The topological polar surface area (TPSA) is 32.3 Å². The molecule has 3 nitrogen and oxygen atoms in total. The van der Waals surface area contributed by atoms with Crippen LogP contribution in [-0.2, 0) is 4.79 Å². The van der Waals surface area contributed by atoms with Gasteiger partial charge in [-0.05, 0) is 31.1 Å². The first-order valence-electron chi connectivity index (χ1n) is 7.17. The molecule has 0 aromatic heterocycles. The molecule has 3 unspecified atom stereocenters. The van der Waals surface area contributed by atoms with E-state index in [1.54, 1.807) is 0 Å². The molecule has 18 heavy (non-hydrogen) atoms. The Labute approximate surface area is 110 Å². The summed E-state index contributed by atoms with van der Waals surface area (Å²) in [4.78, 5) is 14.3. The van der Waals surface area contributed by atoms with Crippen molar-refractivity contribution in [2.75, 3.05) is 19.6 Å². The van der Waals surface area contributed by atoms with Gasteiger partial charge in [0.25, 0.3) is 0 Å². The van der Waals surface area contributed by atoms with Gasteiger partial charge in [0.1, 0.15) is 0 Å². The Morgan fingerprint density at radius 2 is 2.17 bits per heavy atom. The van der Waals surface area contributed by atoms with Crippen LogP contribution in [0.25, 0.3) is 0 Å². The summed E-state index contributed by atoms with van der Waals surface area (Å²) in [5, 5.41) is 3.01. The molecule has 0 aromatic rings. The second kappa shape index (κ2) is 6.24. The summed E-state index contributed by atoms with van der Waals surface area (Å²) in [7, 11) is 0. The molecule has 3 heteroatoms. The second-order valence-electron chi connectivity index (χ2n) is 5.68. The molecule has 1 saturated carbocycles. The van der Waals surface area contributed by atoms with Crippen molar-refractivity contribution in [3.05, 3.63) is 0 Å². The van der Waals surface area contributed by atoms with Gasteiger partial charge in [-0.2, -0.15) is 0 Å². The van der Waals surface area contributed by atoms with Gasteiger partial charge in [0.2, 0.25) is 5.91 Å². The highest BCUT2D eigenvalue weighted by molar-refractivity contribution is 5.78. The largest absolute Gasteiger partial charge is 0.338 e. The van der Waals surface area contributed by atoms with Crippen molar-refractivity contribution < 1.29 is 4.79 Å². The Morgan fingerprint density at radius 1 is 1.39 bits per heavy atom. The van der Waals surface area contributed by atoms with Crippen LogP contribution in [0.3, 0.4) is 0 Å². The van der Waals surface area contributed by atoms with Crippen molar-refractivity contribution in [3.8, 4) is 12.3 Å². The number of amides is 1. The quantitative estimate of drug-likeness (QED) is 0.608. The Hall–Kier alpha value is -1.01. The number of likely N-dealkylation sites (tertiary alicyclic amines) is 1. The molecule has 1 amide bonds. The smallest absolute Gasteiger partial charge is 0.236 e. The van der Waals surface area contributed by atoms with Crippen molar-refractivity contribution in [3.63, 3.8) is 0 Å². The molecule has 1 heterocycles. The Bertz CT molecular complexity index is 334. The highest BCUT2D eigenvalue weighted by atomic mass is 16.2. The fourth-order valence-corrected chi connectivity index (χ4v) is 3.57. The number of nitrogens with one attached hydrogen (secondary N) is 1. The van der Waals surface area contributed by atoms with Crippen LogP contribution >= 0.6 is 0 Å². The molecule has 1 aliphatic carbocycles. The molecule has 1 N–H and O–H groups in total. The number of nitrogens with zero attached hydrogens (tertiary/aromatic N) is 1. The molecule has 3 atom stereocenters. The van der Waals surface area contributed by atoms with E-state index in [-0.39, 0.29) is 5.91 Å². The van der Waals surface area contributed by atoms with Crippen LogP contribution < -0.4 is 5.32 Å². The van der Waals surface area contributed by atoms with Crippen LogP contribution in [0.5, 0.6) is 0 Å². The van der Waals surface area contributed by atoms with E-state index in [9.17, 15) is 4.79 Å². The van der Waals surface area contributed by atoms with Crippen LogP contribution in [0.4, 0.5) is 0 Å². The lowest BCUT2D eigenvalue weighted by molar-refractivity contribution is -0.137. The van der Waals surface area contributed by atoms with Gasteiger partial charge in [0.05, 0.1) is 13.1 Å². The summed E-state index contributed by atoms with van der Waals surface area (Å²) in [5.74, 6) is 4.24. The van der Waals surface area contributed by atoms with E-state index in [0.717, 1.165) is 24.8 Å². The zero-order valence-electron chi connectivity index (χ0n) is 11.3. The van der Waals surface area contributed by atoms with Gasteiger partial charge < -0.3 is 4.90 Å². The minimum atomic E-state index is 0.231. The standard InChI is InChI=1S/C15H24N2O/c1-3-9-16-11-15(18)17-10-8-12(2)13-6-4-5-7-14(13)17/h1,12-14,16H,4-11H2,2H3. The van der Waals surface area contributed by atoms with E-state index >= 15 is 0 Å². The van der Waals surface area contributed by atoms with E-state index in [4.69, 9.17) is 6.42 Å². The molecule has 0 aromatic carbocycles. The predicted molar refractivity (Wildman–Crippen MR) is 72.9 cm³/mol. The third-order valence-electron chi connectivity index (χ3n) is 4.56. The van der Waals surface area contributed by atoms with Crippen molar-refractivity contribution >= 4 is 5.91 Å². The van der Waals surface area contributed by atoms with Crippen LogP contribution in [0.2, 0.25) is 0 Å². The highest BCUT2D eigenvalue weighted by Crippen LogP contribution is 2.38. The third-order valence-corrected chi connectivity index (χ3v) is 4.56. The summed E-state index contributed by atoms with van der Waals surface area (Å²) in [6.07, 6.45) is 11.4. The maximum absolute atomic E-state index is 12.2. The average Bonchev–Trinajstić information content (AvgIpc) is 2.39. The van der Waals surface area contributed by atoms with Gasteiger partial charge in [0.15, 0.2) is 0 Å². The lowest BCUT2D eigenvalue weighted by Crippen LogP contribution is -2.54. The molecule has 2 fully saturated rings. The molecule has 1 aliphatic heterocycles. The maximum Gasteiger partial charge on any atom is 0.236 e. The van der Waals surface area contributed by atoms with E-state index in [0.29, 0.717) is 19.1 Å². The number of rotatable bonds is 3. The van der Waals surface area contributed by atoms with Gasteiger partial charge in [-0.1, -0.05) is 25.7 Å². The molecular formula is C15H24N2O. The molecule has 0 radical (unpaired) electrons. The first-order valence-corrected chi connectivity index (χ1v) is 7.17. The van der Waals surface area contributed by atoms with Crippen LogP contribution in [0.1, 0.15) is 39.0 Å². The Kier molecular flexibility index (Phi) is 4.66. The number of terminal acetylenes is 1. The second-order valence-corrected chi connectivity index (χ2v) is 5.68. The van der Waals surface area contributed by atoms with Gasteiger partial charge in [-0.3, -0.25) is 10.1 Å². The number of hydrogen-bond acceptors (Lipinski definition) is 2. The SMILES string of the molecule is C#CCNCC(=O)N1CCC(C)C2CCCCC21. The minimum absolute atomic E-state index is 0.231. The molecule has 2 aliphatic rings. The zero-order chi connectivity index (χ0) is 13.0. The summed E-state index contributed by atoms with van der Waals surface area (Å²) in [6, 6.07) is 0.489. The van der Waals surface area contributed by atoms with Crippen molar-refractivity contribution in [1.29, 1.82) is 0 Å². The highest BCUT2D eigenvalue weighted by Gasteiger charge is 2.38. The van der Waals surface area contributed by atoms with Gasteiger partial charge in [-0.25, -0.2) is 0 Å². The van der Waals surface area contributed by atoms with E-state index in [1.165, 1.54) is 25.7 Å². The van der Waals surface area contributed by atoms with Gasteiger partial charge >= 0.3 is 0 Å². The monoisotopic (exact) mass is 248 g/mol. The number of carbonyl (C=O) groups excluding carboxylic acids is 1. The number of hydrogen-bond donors (Lipinski definition) is 1. The van der Waals surface area contributed by atoms with Gasteiger partial charge in [0, 0.05) is 12.6 Å². The lowest BCUT2D eigenvalue weighted by atomic mass is 9.72. The average molecular weight is 248 g/mol. The van der Waals surface area contributed by atoms with Gasteiger partial charge in [-0.15, -0.1) is 6.42 Å². The normalized spacial score (nSPS) is 31.6. The van der Waals surface area contributed by atoms with E-state index in [2.05, 4.69) is 23.1 Å². The first kappa shape index (κ1) is 13.4. The summed E-state index contributed by atoms with van der Waals surface area (Å²) < 4.78 is 0. The summed E-state index contributed by atoms with van der Waals surface area (Å²) in [6.45, 7) is 4.15. The summed E-state index contributed by atoms with van der Waals surface area (Å²) in [5.41, 5.74) is 0. The fourth-order valence-electron chi connectivity index (χ4n) is 3.57. The maximum atomic E-state index is 12.2. The Balaban J connectivity index is 1.95. The molecule has 2 rings (SSSR count). The Morgan fingerprint density at radius 3 is 2.94 bits per heavy atom. The molecule has 100 valence electrons. The van der Waals surface area contributed by atoms with Crippen molar-refractivity contribution in [2.24, 2.45) is 11.8 Å². The predicted octanol–water partition coefficient (Wildman–Crippen LogP) is 1.64. The first-order chi connectivity index (χ1) is 8.74.